The van der Waals surface area contributed by atoms with Gasteiger partial charge in [0, 0.05) is 38.3 Å². The van der Waals surface area contributed by atoms with Crippen molar-refractivity contribution in [1.29, 1.82) is 0 Å². The fourth-order valence-electron chi connectivity index (χ4n) is 4.02. The van der Waals surface area contributed by atoms with Gasteiger partial charge in [-0.1, -0.05) is 23.4 Å². The SMILES string of the molecule is CN(C)CCNC(=O)CC1CCNCC1Cc1cc(CN(C)c2ccccc2)on1. The highest BCUT2D eigenvalue weighted by Crippen LogP contribution is 2.26. The van der Waals surface area contributed by atoms with E-state index in [9.17, 15) is 4.79 Å². The predicted octanol–water partition coefficient (Wildman–Crippen LogP) is 2.15. The Bertz CT molecular complexity index is 777. The van der Waals surface area contributed by atoms with E-state index in [1.807, 2.05) is 39.3 Å². The first-order valence-electron chi connectivity index (χ1n) is 10.8. The largest absolute Gasteiger partial charge is 0.367 e. The summed E-state index contributed by atoms with van der Waals surface area (Å²) < 4.78 is 5.59. The minimum Gasteiger partial charge on any atom is -0.367 e. The lowest BCUT2D eigenvalue weighted by Gasteiger charge is -2.31. The van der Waals surface area contributed by atoms with Crippen molar-refractivity contribution in [3.63, 3.8) is 0 Å². The van der Waals surface area contributed by atoms with Gasteiger partial charge in [0.05, 0.1) is 12.2 Å². The molecule has 7 nitrogen and oxygen atoms in total. The van der Waals surface area contributed by atoms with E-state index in [2.05, 4.69) is 43.8 Å². The molecule has 1 amide bonds. The van der Waals surface area contributed by atoms with Gasteiger partial charge in [-0.25, -0.2) is 0 Å². The van der Waals surface area contributed by atoms with E-state index in [-0.39, 0.29) is 5.91 Å². The third kappa shape index (κ3) is 6.85. The van der Waals surface area contributed by atoms with E-state index >= 15 is 0 Å². The van der Waals surface area contributed by atoms with Gasteiger partial charge in [0.1, 0.15) is 0 Å². The lowest BCUT2D eigenvalue weighted by molar-refractivity contribution is -0.122. The minimum absolute atomic E-state index is 0.152. The molecule has 0 spiro atoms. The van der Waals surface area contributed by atoms with Crippen LogP contribution in [0.3, 0.4) is 0 Å². The highest BCUT2D eigenvalue weighted by atomic mass is 16.5. The van der Waals surface area contributed by atoms with Crippen molar-refractivity contribution in [2.75, 3.05) is 52.2 Å². The number of nitrogens with one attached hydrogen (secondary N) is 2. The summed E-state index contributed by atoms with van der Waals surface area (Å²) in [5.74, 6) is 1.78. The Kier molecular flexibility index (Phi) is 8.28. The lowest BCUT2D eigenvalue weighted by atomic mass is 9.81. The Labute approximate surface area is 179 Å². The van der Waals surface area contributed by atoms with Crippen molar-refractivity contribution in [3.05, 3.63) is 47.9 Å². The van der Waals surface area contributed by atoms with Crippen molar-refractivity contribution >= 4 is 11.6 Å². The van der Waals surface area contributed by atoms with Crippen LogP contribution in [0.4, 0.5) is 5.69 Å². The second kappa shape index (κ2) is 11.1. The number of amides is 1. The minimum atomic E-state index is 0.152. The van der Waals surface area contributed by atoms with E-state index < -0.39 is 0 Å². The fraction of sp³-hybridized carbons (Fsp3) is 0.565. The summed E-state index contributed by atoms with van der Waals surface area (Å²) in [6.07, 6.45) is 2.44. The molecule has 2 aromatic rings. The zero-order valence-corrected chi connectivity index (χ0v) is 18.4. The van der Waals surface area contributed by atoms with Gasteiger partial charge in [-0.3, -0.25) is 4.79 Å². The van der Waals surface area contributed by atoms with Crippen molar-refractivity contribution < 1.29 is 9.32 Å². The highest BCUT2D eigenvalue weighted by Gasteiger charge is 2.28. The monoisotopic (exact) mass is 413 g/mol. The van der Waals surface area contributed by atoms with Crippen molar-refractivity contribution in [1.82, 2.24) is 20.7 Å². The summed E-state index contributed by atoms with van der Waals surface area (Å²) in [4.78, 5) is 16.6. The molecule has 1 saturated heterocycles. The van der Waals surface area contributed by atoms with Gasteiger partial charge < -0.3 is 25.0 Å². The molecule has 0 aliphatic carbocycles. The van der Waals surface area contributed by atoms with Crippen LogP contribution in [0.2, 0.25) is 0 Å². The van der Waals surface area contributed by atoms with Crippen LogP contribution >= 0.6 is 0 Å². The van der Waals surface area contributed by atoms with E-state index in [1.54, 1.807) is 0 Å². The van der Waals surface area contributed by atoms with Gasteiger partial charge in [0.2, 0.25) is 5.91 Å². The number of carbonyl (C=O) groups excluding carboxylic acids is 1. The molecule has 1 fully saturated rings. The molecule has 1 aliphatic rings. The normalized spacial score (nSPS) is 19.1. The van der Waals surface area contributed by atoms with Crippen LogP contribution in [0.25, 0.3) is 0 Å². The van der Waals surface area contributed by atoms with Gasteiger partial charge in [0.15, 0.2) is 5.76 Å². The average Bonchev–Trinajstić information content (AvgIpc) is 3.16. The maximum atomic E-state index is 12.4. The molecule has 1 aromatic heterocycles. The summed E-state index contributed by atoms with van der Waals surface area (Å²) in [5, 5.41) is 10.8. The molecule has 0 saturated carbocycles. The number of anilines is 1. The first-order valence-corrected chi connectivity index (χ1v) is 10.8. The molecular weight excluding hydrogens is 378 g/mol. The number of aromatic nitrogens is 1. The van der Waals surface area contributed by atoms with Crippen molar-refractivity contribution in [3.8, 4) is 0 Å². The molecule has 30 heavy (non-hydrogen) atoms. The first kappa shape index (κ1) is 22.3. The second-order valence-electron chi connectivity index (χ2n) is 8.55. The van der Waals surface area contributed by atoms with E-state index in [1.165, 1.54) is 0 Å². The molecule has 1 aromatic carbocycles. The number of piperidine rings is 1. The zero-order chi connectivity index (χ0) is 21.3. The van der Waals surface area contributed by atoms with Crippen LogP contribution in [-0.2, 0) is 17.8 Å². The summed E-state index contributed by atoms with van der Waals surface area (Å²) in [5.41, 5.74) is 2.12. The number of benzene rings is 1. The van der Waals surface area contributed by atoms with Gasteiger partial charge in [0.25, 0.3) is 0 Å². The Morgan fingerprint density at radius 3 is 2.80 bits per heavy atom. The molecule has 2 heterocycles. The second-order valence-corrected chi connectivity index (χ2v) is 8.55. The Morgan fingerprint density at radius 1 is 1.23 bits per heavy atom. The maximum absolute atomic E-state index is 12.4. The number of hydrogen-bond donors (Lipinski definition) is 2. The van der Waals surface area contributed by atoms with Gasteiger partial charge in [-0.2, -0.15) is 0 Å². The number of carbonyl (C=O) groups is 1. The number of nitrogens with zero attached hydrogens (tertiary/aromatic N) is 3. The molecule has 0 radical (unpaired) electrons. The topological polar surface area (TPSA) is 73.6 Å². The molecule has 2 N–H and O–H groups in total. The Hall–Kier alpha value is -2.38. The van der Waals surface area contributed by atoms with Crippen LogP contribution in [0.1, 0.15) is 24.3 Å². The van der Waals surface area contributed by atoms with Gasteiger partial charge in [-0.15, -0.1) is 0 Å². The highest BCUT2D eigenvalue weighted by molar-refractivity contribution is 5.76. The summed E-state index contributed by atoms with van der Waals surface area (Å²) >= 11 is 0. The Morgan fingerprint density at radius 2 is 2.03 bits per heavy atom. The van der Waals surface area contributed by atoms with E-state index in [4.69, 9.17) is 4.52 Å². The van der Waals surface area contributed by atoms with Gasteiger partial charge >= 0.3 is 0 Å². The van der Waals surface area contributed by atoms with Gasteiger partial charge in [-0.05, 0) is 64.0 Å². The summed E-state index contributed by atoms with van der Waals surface area (Å²) in [6.45, 7) is 4.13. The van der Waals surface area contributed by atoms with Crippen LogP contribution in [0.5, 0.6) is 0 Å². The standard InChI is InChI=1S/C23H35N5O2/c1-27(2)12-11-25-23(29)14-18-9-10-24-16-19(18)13-20-15-22(30-26-20)17-28(3)21-7-5-4-6-8-21/h4-8,15,18-19,24H,9-14,16-17H2,1-3H3,(H,25,29). The predicted molar refractivity (Wildman–Crippen MR) is 119 cm³/mol. The molecule has 164 valence electrons. The van der Waals surface area contributed by atoms with Crippen LogP contribution < -0.4 is 15.5 Å². The van der Waals surface area contributed by atoms with Crippen LogP contribution in [0, 0.1) is 11.8 Å². The number of hydrogen-bond acceptors (Lipinski definition) is 6. The molecule has 2 unspecified atom stereocenters. The summed E-state index contributed by atoms with van der Waals surface area (Å²) in [6, 6.07) is 12.3. The molecule has 2 atom stereocenters. The number of para-hydroxylation sites is 1. The third-order valence-electron chi connectivity index (χ3n) is 5.76. The molecule has 7 heteroatoms. The molecule has 0 bridgehead atoms. The zero-order valence-electron chi connectivity index (χ0n) is 18.4. The van der Waals surface area contributed by atoms with Crippen molar-refractivity contribution in [2.24, 2.45) is 11.8 Å². The summed E-state index contributed by atoms with van der Waals surface area (Å²) in [7, 11) is 6.07. The quantitative estimate of drug-likeness (QED) is 0.622. The number of rotatable bonds is 10. The maximum Gasteiger partial charge on any atom is 0.220 e. The molecular formula is C23H35N5O2. The molecule has 3 rings (SSSR count). The van der Waals surface area contributed by atoms with Crippen LogP contribution in [0.15, 0.2) is 40.9 Å². The fourth-order valence-corrected chi connectivity index (χ4v) is 4.02. The molecule has 1 aliphatic heterocycles. The smallest absolute Gasteiger partial charge is 0.220 e. The van der Waals surface area contributed by atoms with E-state index in [0.717, 1.165) is 49.6 Å². The number of likely N-dealkylation sites (N-methyl/N-ethyl adjacent to an activating group) is 1. The lowest BCUT2D eigenvalue weighted by Crippen LogP contribution is -2.41. The first-order chi connectivity index (χ1) is 14.5. The van der Waals surface area contributed by atoms with Crippen LogP contribution in [-0.4, -0.2) is 63.3 Å². The van der Waals surface area contributed by atoms with E-state index in [0.29, 0.717) is 31.3 Å². The third-order valence-corrected chi connectivity index (χ3v) is 5.76. The average molecular weight is 414 g/mol. The Balaban J connectivity index is 1.52. The van der Waals surface area contributed by atoms with Crippen molar-refractivity contribution in [2.45, 2.75) is 25.8 Å².